The Kier molecular flexibility index (Phi) is 8.45. The van der Waals surface area contributed by atoms with Gasteiger partial charge in [0.25, 0.3) is 0 Å². The van der Waals surface area contributed by atoms with Crippen LogP contribution < -0.4 is 4.90 Å². The summed E-state index contributed by atoms with van der Waals surface area (Å²) in [4.78, 5) is 6.54. The lowest BCUT2D eigenvalue weighted by Crippen LogP contribution is -2.09. The number of fused-ring (bicyclic) bond motifs is 5. The maximum absolute atomic E-state index is 4.21. The highest BCUT2D eigenvalue weighted by Gasteiger charge is 2.19. The van der Waals surface area contributed by atoms with E-state index in [0.29, 0.717) is 0 Å². The molecule has 0 aliphatic carbocycles. The molecule has 4 nitrogen and oxygen atoms in total. The average Bonchev–Trinajstić information content (AvgIpc) is 3.90. The van der Waals surface area contributed by atoms with Crippen molar-refractivity contribution in [3.05, 3.63) is 231 Å². The lowest BCUT2D eigenvalue weighted by molar-refractivity contribution is 1.13. The number of anilines is 3. The van der Waals surface area contributed by atoms with Crippen LogP contribution in [0.2, 0.25) is 0 Å². The average molecular weight is 755 g/mol. The number of benzene rings is 8. The van der Waals surface area contributed by atoms with E-state index < -0.39 is 0 Å². The Balaban J connectivity index is 1.02. The Hall–Kier alpha value is -7.95. The van der Waals surface area contributed by atoms with Crippen molar-refractivity contribution in [1.82, 2.24) is 14.1 Å². The normalized spacial score (nSPS) is 11.4. The number of pyridine rings is 1. The van der Waals surface area contributed by atoms with Crippen LogP contribution in [-0.2, 0) is 0 Å². The fourth-order valence-corrected chi connectivity index (χ4v) is 8.62. The van der Waals surface area contributed by atoms with E-state index in [2.05, 4.69) is 225 Å². The predicted octanol–water partition coefficient (Wildman–Crippen LogP) is 14.6. The van der Waals surface area contributed by atoms with E-state index in [1.54, 1.807) is 0 Å². The molecule has 0 radical (unpaired) electrons. The quantitative estimate of drug-likeness (QED) is 0.154. The molecule has 11 aromatic rings. The smallest absolute Gasteiger partial charge is 0.0548 e. The van der Waals surface area contributed by atoms with Crippen LogP contribution in [0.15, 0.2) is 231 Å². The number of nitrogens with zero attached hydrogens (tertiary/aromatic N) is 4. The fourth-order valence-electron chi connectivity index (χ4n) is 8.62. The first-order valence-corrected chi connectivity index (χ1v) is 20.0. The molecule has 0 amide bonds. The van der Waals surface area contributed by atoms with Crippen molar-refractivity contribution in [1.29, 1.82) is 0 Å². The summed E-state index contributed by atoms with van der Waals surface area (Å²) in [7, 11) is 0. The summed E-state index contributed by atoms with van der Waals surface area (Å²) >= 11 is 0. The van der Waals surface area contributed by atoms with E-state index in [0.717, 1.165) is 45.1 Å². The second kappa shape index (κ2) is 14.5. The molecule has 278 valence electrons. The van der Waals surface area contributed by atoms with Gasteiger partial charge in [0, 0.05) is 63.2 Å². The lowest BCUT2D eigenvalue weighted by Gasteiger charge is -2.26. The molecule has 3 aromatic heterocycles. The molecule has 0 bridgehead atoms. The second-order valence-electron chi connectivity index (χ2n) is 14.9. The predicted molar refractivity (Wildman–Crippen MR) is 246 cm³/mol. The lowest BCUT2D eigenvalue weighted by atomic mass is 10.0. The third-order valence-corrected chi connectivity index (χ3v) is 11.5. The van der Waals surface area contributed by atoms with Crippen molar-refractivity contribution in [2.45, 2.75) is 0 Å². The molecular weight excluding hydrogens is 717 g/mol. The summed E-state index contributed by atoms with van der Waals surface area (Å²) in [6.45, 7) is 0. The molecule has 0 atom stereocenters. The van der Waals surface area contributed by atoms with Crippen molar-refractivity contribution in [2.24, 2.45) is 0 Å². The van der Waals surface area contributed by atoms with Gasteiger partial charge in [-0.3, -0.25) is 4.98 Å². The molecule has 0 aliphatic heterocycles. The first kappa shape index (κ1) is 34.3. The van der Waals surface area contributed by atoms with Crippen molar-refractivity contribution < 1.29 is 0 Å². The highest BCUT2D eigenvalue weighted by Crippen LogP contribution is 2.41. The van der Waals surface area contributed by atoms with Crippen LogP contribution in [0.3, 0.4) is 0 Å². The number of hydrogen-bond acceptors (Lipinski definition) is 2. The van der Waals surface area contributed by atoms with E-state index in [1.807, 2.05) is 24.5 Å². The SMILES string of the molecule is c1ccc(-c2ccc(N(c3ccc(-c4ccncc4)cc3)c3ccc(-c4ccc5c(c4)c4c6ccn(-c7ccccc7)c6ccc4n5-c4ccccc4)cc3)cc2)cc1. The Bertz CT molecular complexity index is 3120. The molecule has 0 spiro atoms. The van der Waals surface area contributed by atoms with E-state index in [1.165, 1.54) is 49.4 Å². The van der Waals surface area contributed by atoms with Gasteiger partial charge in [-0.25, -0.2) is 0 Å². The topological polar surface area (TPSA) is 26.0 Å². The van der Waals surface area contributed by atoms with Gasteiger partial charge in [-0.15, -0.1) is 0 Å². The Morgan fingerprint density at radius 3 is 1.39 bits per heavy atom. The van der Waals surface area contributed by atoms with Gasteiger partial charge in [-0.2, -0.15) is 0 Å². The van der Waals surface area contributed by atoms with Crippen molar-refractivity contribution in [2.75, 3.05) is 4.90 Å². The van der Waals surface area contributed by atoms with E-state index in [-0.39, 0.29) is 0 Å². The highest BCUT2D eigenvalue weighted by molar-refractivity contribution is 6.21. The summed E-state index contributed by atoms with van der Waals surface area (Å²) in [5.41, 5.74) is 16.2. The molecule has 3 heterocycles. The van der Waals surface area contributed by atoms with Crippen LogP contribution in [0.25, 0.3) is 77.5 Å². The molecule has 59 heavy (non-hydrogen) atoms. The Labute approximate surface area is 343 Å². The minimum atomic E-state index is 1.09. The van der Waals surface area contributed by atoms with Crippen LogP contribution in [0.4, 0.5) is 17.1 Å². The standard InChI is InChI=1S/C55H38N4/c1-4-10-39(11-5-1)40-16-23-47(24-17-40)58(48-25-18-41(19-26-48)43-32-35-56-36-33-43)49-27-20-42(21-28-49)44-22-29-53-51(38-44)55-50-34-37-57(45-12-6-2-7-13-45)52(50)30-31-54(55)59(53)46-14-8-3-9-15-46/h1-38H. The largest absolute Gasteiger partial charge is 0.317 e. The molecule has 0 fully saturated rings. The molecule has 0 unspecified atom stereocenters. The number of hydrogen-bond donors (Lipinski definition) is 0. The maximum Gasteiger partial charge on any atom is 0.0548 e. The van der Waals surface area contributed by atoms with Crippen LogP contribution in [0, 0.1) is 0 Å². The van der Waals surface area contributed by atoms with Crippen LogP contribution >= 0.6 is 0 Å². The molecule has 8 aromatic carbocycles. The van der Waals surface area contributed by atoms with Crippen LogP contribution in [0.1, 0.15) is 0 Å². The number of aromatic nitrogens is 3. The molecular formula is C55H38N4. The fraction of sp³-hybridized carbons (Fsp3) is 0. The second-order valence-corrected chi connectivity index (χ2v) is 14.9. The molecule has 0 saturated heterocycles. The Morgan fingerprint density at radius 2 is 0.797 bits per heavy atom. The maximum atomic E-state index is 4.21. The van der Waals surface area contributed by atoms with Gasteiger partial charge in [0.1, 0.15) is 0 Å². The van der Waals surface area contributed by atoms with Gasteiger partial charge in [0.15, 0.2) is 0 Å². The van der Waals surface area contributed by atoms with Gasteiger partial charge < -0.3 is 14.0 Å². The van der Waals surface area contributed by atoms with Crippen LogP contribution in [0.5, 0.6) is 0 Å². The summed E-state index contributed by atoms with van der Waals surface area (Å²) in [5.74, 6) is 0. The van der Waals surface area contributed by atoms with Gasteiger partial charge in [0.05, 0.1) is 16.6 Å². The summed E-state index contributed by atoms with van der Waals surface area (Å²) in [6.07, 6.45) is 5.88. The highest BCUT2D eigenvalue weighted by atomic mass is 15.1. The summed E-state index contributed by atoms with van der Waals surface area (Å²) in [6, 6.07) is 76.3. The van der Waals surface area contributed by atoms with E-state index >= 15 is 0 Å². The summed E-state index contributed by atoms with van der Waals surface area (Å²) < 4.78 is 4.69. The van der Waals surface area contributed by atoms with Crippen LogP contribution in [-0.4, -0.2) is 14.1 Å². The minimum Gasteiger partial charge on any atom is -0.317 e. The zero-order valence-corrected chi connectivity index (χ0v) is 32.2. The van der Waals surface area contributed by atoms with Gasteiger partial charge in [-0.1, -0.05) is 109 Å². The molecule has 11 rings (SSSR count). The molecule has 0 aliphatic rings. The third-order valence-electron chi connectivity index (χ3n) is 11.5. The molecule has 0 saturated carbocycles. The summed E-state index contributed by atoms with van der Waals surface area (Å²) in [5, 5.41) is 3.73. The first-order valence-electron chi connectivity index (χ1n) is 20.0. The zero-order valence-electron chi connectivity index (χ0n) is 32.2. The van der Waals surface area contributed by atoms with Crippen molar-refractivity contribution in [3.63, 3.8) is 0 Å². The molecule has 4 heteroatoms. The Morgan fingerprint density at radius 1 is 0.339 bits per heavy atom. The third kappa shape index (κ3) is 6.15. The van der Waals surface area contributed by atoms with Gasteiger partial charge in [0.2, 0.25) is 0 Å². The first-order chi connectivity index (χ1) is 29.3. The van der Waals surface area contributed by atoms with Crippen molar-refractivity contribution in [3.8, 4) is 44.8 Å². The van der Waals surface area contributed by atoms with E-state index in [9.17, 15) is 0 Å². The number of para-hydroxylation sites is 2. The monoisotopic (exact) mass is 754 g/mol. The van der Waals surface area contributed by atoms with Crippen molar-refractivity contribution >= 4 is 49.8 Å². The number of rotatable bonds is 8. The van der Waals surface area contributed by atoms with Gasteiger partial charge in [-0.05, 0) is 137 Å². The zero-order chi connectivity index (χ0) is 39.1. The minimum absolute atomic E-state index is 1.09. The molecule has 0 N–H and O–H groups in total. The van der Waals surface area contributed by atoms with E-state index in [4.69, 9.17) is 0 Å². The van der Waals surface area contributed by atoms with Gasteiger partial charge >= 0.3 is 0 Å².